The van der Waals surface area contributed by atoms with Crippen molar-refractivity contribution in [1.82, 2.24) is 5.32 Å². The van der Waals surface area contributed by atoms with Crippen LogP contribution in [0, 0.1) is 3.57 Å². The molecule has 31 heavy (non-hydrogen) atoms. The number of fused-ring (bicyclic) bond motifs is 1. The maximum absolute atomic E-state index is 13.1. The number of amides is 1. The first-order chi connectivity index (χ1) is 15.1. The van der Waals surface area contributed by atoms with E-state index < -0.39 is 0 Å². The number of methoxy groups -OCH3 is 2. The molecule has 0 fully saturated rings. The third kappa shape index (κ3) is 4.79. The van der Waals surface area contributed by atoms with Crippen molar-refractivity contribution in [2.75, 3.05) is 14.2 Å². The standard InChI is InChI=1S/C23H23IN2O4S/c1-28-18-11-14(10-17(24)21(18)29-2)12-26-23-20(16-7-3-4-8-19(16)31-23)22(27)25-13-15-6-5-9-30-15/h5-6,9-12H,3-4,7-8,13H2,1-2H3,(H,25,27). The Balaban J connectivity index is 1.64. The normalized spacial score (nSPS) is 13.3. The largest absolute Gasteiger partial charge is 0.493 e. The fraction of sp³-hybridized carbons (Fsp3) is 0.304. The number of ether oxygens (including phenoxy) is 2. The first-order valence-electron chi connectivity index (χ1n) is 10.0. The molecular formula is C23H23IN2O4S. The third-order valence-corrected chi connectivity index (χ3v) is 7.17. The van der Waals surface area contributed by atoms with Crippen LogP contribution >= 0.6 is 33.9 Å². The number of nitrogens with zero attached hydrogens (tertiary/aromatic N) is 1. The minimum Gasteiger partial charge on any atom is -0.493 e. The number of hydrogen-bond acceptors (Lipinski definition) is 6. The lowest BCUT2D eigenvalue weighted by Gasteiger charge is -2.12. The summed E-state index contributed by atoms with van der Waals surface area (Å²) in [5, 5.41) is 3.73. The Morgan fingerprint density at radius 2 is 2.13 bits per heavy atom. The van der Waals surface area contributed by atoms with Crippen LogP contribution in [0.1, 0.15) is 45.0 Å². The van der Waals surface area contributed by atoms with Gasteiger partial charge in [0.1, 0.15) is 10.8 Å². The molecule has 0 bridgehead atoms. The quantitative estimate of drug-likeness (QED) is 0.311. The number of carbonyl (C=O) groups excluding carboxylic acids is 1. The second kappa shape index (κ2) is 9.86. The molecule has 3 aromatic rings. The molecule has 1 aliphatic carbocycles. The summed E-state index contributed by atoms with van der Waals surface area (Å²) in [6.45, 7) is 0.355. The Bertz CT molecular complexity index is 1110. The summed E-state index contributed by atoms with van der Waals surface area (Å²) < 4.78 is 17.1. The molecule has 8 heteroatoms. The number of furan rings is 1. The summed E-state index contributed by atoms with van der Waals surface area (Å²) >= 11 is 3.83. The minimum absolute atomic E-state index is 0.107. The number of aliphatic imine (C=N–C) groups is 1. The van der Waals surface area contributed by atoms with Gasteiger partial charge in [-0.25, -0.2) is 4.99 Å². The molecule has 0 unspecified atom stereocenters. The second-order valence-corrected chi connectivity index (χ2v) is 9.40. The van der Waals surface area contributed by atoms with Gasteiger partial charge in [0.2, 0.25) is 0 Å². The van der Waals surface area contributed by atoms with Crippen molar-refractivity contribution in [1.29, 1.82) is 0 Å². The van der Waals surface area contributed by atoms with Gasteiger partial charge in [-0.2, -0.15) is 0 Å². The Kier molecular flexibility index (Phi) is 6.96. The average Bonchev–Trinajstić information content (AvgIpc) is 3.43. The zero-order valence-corrected chi connectivity index (χ0v) is 20.3. The highest BCUT2D eigenvalue weighted by Crippen LogP contribution is 2.40. The van der Waals surface area contributed by atoms with Crippen LogP contribution in [0.3, 0.4) is 0 Å². The molecule has 0 atom stereocenters. The molecule has 0 saturated heterocycles. The number of thiophene rings is 1. The van der Waals surface area contributed by atoms with E-state index in [9.17, 15) is 4.79 Å². The van der Waals surface area contributed by atoms with Gasteiger partial charge in [-0.15, -0.1) is 11.3 Å². The summed E-state index contributed by atoms with van der Waals surface area (Å²) in [5.74, 6) is 1.97. The fourth-order valence-electron chi connectivity index (χ4n) is 3.69. The predicted molar refractivity (Wildman–Crippen MR) is 130 cm³/mol. The monoisotopic (exact) mass is 550 g/mol. The van der Waals surface area contributed by atoms with Crippen molar-refractivity contribution >= 4 is 51.1 Å². The van der Waals surface area contributed by atoms with Crippen LogP contribution in [0.5, 0.6) is 11.5 Å². The number of carbonyl (C=O) groups is 1. The lowest BCUT2D eigenvalue weighted by molar-refractivity contribution is 0.0948. The van der Waals surface area contributed by atoms with Crippen LogP contribution in [0.2, 0.25) is 0 Å². The molecule has 2 aromatic heterocycles. The maximum atomic E-state index is 13.1. The van der Waals surface area contributed by atoms with Crippen molar-refractivity contribution in [3.63, 3.8) is 0 Å². The van der Waals surface area contributed by atoms with Gasteiger partial charge in [-0.05, 0) is 83.7 Å². The van der Waals surface area contributed by atoms with E-state index >= 15 is 0 Å². The van der Waals surface area contributed by atoms with Gasteiger partial charge in [-0.1, -0.05) is 0 Å². The van der Waals surface area contributed by atoms with E-state index in [-0.39, 0.29) is 5.91 Å². The number of hydrogen-bond donors (Lipinski definition) is 1. The van der Waals surface area contributed by atoms with Gasteiger partial charge in [0.25, 0.3) is 5.91 Å². The molecule has 0 aliphatic heterocycles. The van der Waals surface area contributed by atoms with Crippen molar-refractivity contribution in [2.24, 2.45) is 4.99 Å². The van der Waals surface area contributed by atoms with Gasteiger partial charge < -0.3 is 19.2 Å². The van der Waals surface area contributed by atoms with Crippen molar-refractivity contribution in [2.45, 2.75) is 32.2 Å². The summed E-state index contributed by atoms with van der Waals surface area (Å²) in [6, 6.07) is 7.53. The molecule has 1 N–H and O–H groups in total. The first-order valence-corrected chi connectivity index (χ1v) is 11.9. The van der Waals surface area contributed by atoms with Crippen LogP contribution in [0.4, 0.5) is 5.00 Å². The lowest BCUT2D eigenvalue weighted by atomic mass is 9.95. The van der Waals surface area contributed by atoms with Gasteiger partial charge in [0.05, 0.1) is 36.2 Å². The summed E-state index contributed by atoms with van der Waals surface area (Å²) in [7, 11) is 3.24. The fourth-order valence-corrected chi connectivity index (χ4v) is 5.77. The van der Waals surface area contributed by atoms with Crippen LogP contribution < -0.4 is 14.8 Å². The third-order valence-electron chi connectivity index (χ3n) is 5.17. The summed E-state index contributed by atoms with van der Waals surface area (Å²) in [6.07, 6.45) is 7.55. The second-order valence-electron chi connectivity index (χ2n) is 7.15. The first kappa shape index (κ1) is 21.9. The maximum Gasteiger partial charge on any atom is 0.255 e. The molecule has 0 spiro atoms. The van der Waals surface area contributed by atoms with Gasteiger partial charge in [0.15, 0.2) is 11.5 Å². The van der Waals surface area contributed by atoms with Crippen molar-refractivity contribution in [3.8, 4) is 11.5 Å². The van der Waals surface area contributed by atoms with E-state index in [2.05, 4.69) is 27.9 Å². The Labute approximate surface area is 198 Å². The predicted octanol–water partition coefficient (Wildman–Crippen LogP) is 5.52. The molecule has 1 aliphatic rings. The van der Waals surface area contributed by atoms with E-state index in [1.807, 2.05) is 24.3 Å². The van der Waals surface area contributed by atoms with Crippen LogP contribution in [0.25, 0.3) is 0 Å². The molecule has 0 radical (unpaired) electrons. The van der Waals surface area contributed by atoms with Crippen molar-refractivity contribution in [3.05, 3.63) is 61.4 Å². The molecule has 162 valence electrons. The van der Waals surface area contributed by atoms with E-state index in [0.29, 0.717) is 23.6 Å². The molecule has 1 aromatic carbocycles. The molecular weight excluding hydrogens is 527 g/mol. The zero-order valence-electron chi connectivity index (χ0n) is 17.4. The smallest absolute Gasteiger partial charge is 0.255 e. The van der Waals surface area contributed by atoms with Crippen molar-refractivity contribution < 1.29 is 18.7 Å². The highest BCUT2D eigenvalue weighted by molar-refractivity contribution is 14.1. The van der Waals surface area contributed by atoms with E-state index in [4.69, 9.17) is 18.9 Å². The molecule has 2 heterocycles. The molecule has 0 saturated carbocycles. The topological polar surface area (TPSA) is 73.1 Å². The van der Waals surface area contributed by atoms with Gasteiger partial charge in [-0.3, -0.25) is 4.79 Å². The Morgan fingerprint density at radius 3 is 2.87 bits per heavy atom. The van der Waals surface area contributed by atoms with Crippen LogP contribution in [0.15, 0.2) is 39.9 Å². The average molecular weight is 550 g/mol. The highest BCUT2D eigenvalue weighted by Gasteiger charge is 2.25. The molecule has 6 nitrogen and oxygen atoms in total. The number of halogens is 1. The minimum atomic E-state index is -0.107. The summed E-state index contributed by atoms with van der Waals surface area (Å²) in [5.41, 5.74) is 2.72. The van der Waals surface area contributed by atoms with Crippen LogP contribution in [-0.2, 0) is 19.4 Å². The highest BCUT2D eigenvalue weighted by atomic mass is 127. The molecule has 4 rings (SSSR count). The van der Waals surface area contributed by atoms with E-state index in [1.165, 1.54) is 4.88 Å². The summed E-state index contributed by atoms with van der Waals surface area (Å²) in [4.78, 5) is 19.1. The zero-order chi connectivity index (χ0) is 21.8. The Morgan fingerprint density at radius 1 is 1.29 bits per heavy atom. The SMILES string of the molecule is COc1cc(C=Nc2sc3c(c2C(=O)NCc2ccco2)CCCC3)cc(I)c1OC. The number of nitrogens with one attached hydrogen (secondary N) is 1. The number of benzene rings is 1. The van der Waals surface area contributed by atoms with Crippen LogP contribution in [-0.4, -0.2) is 26.3 Å². The van der Waals surface area contributed by atoms with E-state index in [1.54, 1.807) is 38.0 Å². The van der Waals surface area contributed by atoms with Gasteiger partial charge in [0, 0.05) is 11.1 Å². The molecule has 1 amide bonds. The lowest BCUT2D eigenvalue weighted by Crippen LogP contribution is -2.23. The van der Waals surface area contributed by atoms with Gasteiger partial charge >= 0.3 is 0 Å². The number of aryl methyl sites for hydroxylation is 1. The number of rotatable bonds is 7. The van der Waals surface area contributed by atoms with E-state index in [0.717, 1.165) is 51.1 Å². The Hall–Kier alpha value is -2.33.